The highest BCUT2D eigenvalue weighted by molar-refractivity contribution is 5.42. The summed E-state index contributed by atoms with van der Waals surface area (Å²) < 4.78 is 5.23. The molecule has 0 radical (unpaired) electrons. The fraction of sp³-hybridized carbons (Fsp3) is 0.333. The van der Waals surface area contributed by atoms with Crippen LogP contribution in [0.2, 0.25) is 0 Å². The summed E-state index contributed by atoms with van der Waals surface area (Å²) in [5.41, 5.74) is 1.03. The lowest BCUT2D eigenvalue weighted by molar-refractivity contribution is 0.0926. The number of aliphatic hydroxyl groups excluding tert-OH is 1. The highest BCUT2D eigenvalue weighted by Gasteiger charge is 2.48. The van der Waals surface area contributed by atoms with Gasteiger partial charge in [0, 0.05) is 18.5 Å². The second-order valence-corrected chi connectivity index (χ2v) is 5.72. The van der Waals surface area contributed by atoms with Gasteiger partial charge in [-0.2, -0.15) is 0 Å². The highest BCUT2D eigenvalue weighted by atomic mass is 16.3. The van der Waals surface area contributed by atoms with Crippen LogP contribution in [-0.2, 0) is 0 Å². The Hall–Kier alpha value is -1.84. The van der Waals surface area contributed by atoms with Crippen molar-refractivity contribution in [3.63, 3.8) is 0 Å². The van der Waals surface area contributed by atoms with Crippen LogP contribution in [0.25, 0.3) is 6.08 Å². The third kappa shape index (κ3) is 3.43. The molecule has 0 bridgehead atoms. The number of furan rings is 1. The van der Waals surface area contributed by atoms with Crippen molar-refractivity contribution in [1.82, 2.24) is 5.32 Å². The Balaban J connectivity index is 1.48. The van der Waals surface area contributed by atoms with Gasteiger partial charge in [-0.3, -0.25) is 0 Å². The summed E-state index contributed by atoms with van der Waals surface area (Å²) in [5, 5.41) is 14.0. The van der Waals surface area contributed by atoms with E-state index in [4.69, 9.17) is 4.42 Å². The third-order valence-electron chi connectivity index (χ3n) is 4.15. The van der Waals surface area contributed by atoms with Crippen molar-refractivity contribution in [2.75, 3.05) is 13.1 Å². The molecule has 0 saturated heterocycles. The number of aliphatic hydroxyl groups is 1. The lowest BCUT2D eigenvalue weighted by atomic mass is 9.93. The molecule has 1 aliphatic carbocycles. The van der Waals surface area contributed by atoms with Crippen molar-refractivity contribution in [2.45, 2.75) is 18.9 Å². The second kappa shape index (κ2) is 6.29. The molecule has 2 N–H and O–H groups in total. The van der Waals surface area contributed by atoms with E-state index < -0.39 is 0 Å². The molecule has 1 atom stereocenters. The predicted molar refractivity (Wildman–Crippen MR) is 83.7 cm³/mol. The van der Waals surface area contributed by atoms with E-state index in [0.717, 1.165) is 37.3 Å². The molecule has 1 fully saturated rings. The molecule has 1 aromatic carbocycles. The molecule has 1 saturated carbocycles. The van der Waals surface area contributed by atoms with Crippen molar-refractivity contribution in [2.24, 2.45) is 5.41 Å². The van der Waals surface area contributed by atoms with E-state index in [1.165, 1.54) is 0 Å². The van der Waals surface area contributed by atoms with Gasteiger partial charge in [0.2, 0.25) is 0 Å². The first-order valence-corrected chi connectivity index (χ1v) is 7.44. The second-order valence-electron chi connectivity index (χ2n) is 5.72. The Morgan fingerprint density at radius 3 is 2.67 bits per heavy atom. The van der Waals surface area contributed by atoms with Gasteiger partial charge in [-0.1, -0.05) is 36.4 Å². The van der Waals surface area contributed by atoms with Crippen LogP contribution >= 0.6 is 0 Å². The first kappa shape index (κ1) is 14.1. The molecule has 1 heterocycles. The minimum absolute atomic E-state index is 0.0138. The fourth-order valence-corrected chi connectivity index (χ4v) is 2.66. The average molecular weight is 283 g/mol. The van der Waals surface area contributed by atoms with Crippen molar-refractivity contribution >= 4 is 6.08 Å². The lowest BCUT2D eigenvalue weighted by Gasteiger charge is -2.22. The Bertz CT molecular complexity index is 571. The maximum atomic E-state index is 10.5. The van der Waals surface area contributed by atoms with E-state index in [-0.39, 0.29) is 11.5 Å². The van der Waals surface area contributed by atoms with Crippen LogP contribution in [0, 0.1) is 5.41 Å². The summed E-state index contributed by atoms with van der Waals surface area (Å²) in [6.45, 7) is 1.62. The number of hydrogen-bond acceptors (Lipinski definition) is 3. The molecule has 3 nitrogen and oxygen atoms in total. The Labute approximate surface area is 125 Å². The van der Waals surface area contributed by atoms with Gasteiger partial charge in [0.25, 0.3) is 0 Å². The zero-order valence-electron chi connectivity index (χ0n) is 12.0. The van der Waals surface area contributed by atoms with Crippen LogP contribution in [0.15, 0.2) is 59.2 Å². The number of nitrogens with one attached hydrogen (secondary N) is 1. The van der Waals surface area contributed by atoms with E-state index in [0.29, 0.717) is 0 Å². The quantitative estimate of drug-likeness (QED) is 0.766. The molecule has 0 amide bonds. The number of benzene rings is 1. The first-order chi connectivity index (χ1) is 10.3. The minimum Gasteiger partial charge on any atom is -0.465 e. The minimum atomic E-state index is -0.375. The Kier molecular flexibility index (Phi) is 4.23. The third-order valence-corrected chi connectivity index (χ3v) is 4.15. The van der Waals surface area contributed by atoms with Crippen LogP contribution in [0.5, 0.6) is 0 Å². The first-order valence-electron chi connectivity index (χ1n) is 7.44. The van der Waals surface area contributed by atoms with Crippen LogP contribution in [0.4, 0.5) is 0 Å². The predicted octanol–water partition coefficient (Wildman–Crippen LogP) is 3.40. The number of rotatable bonds is 7. The van der Waals surface area contributed by atoms with E-state index >= 15 is 0 Å². The van der Waals surface area contributed by atoms with Crippen molar-refractivity contribution in [3.8, 4) is 0 Å². The molecule has 3 heteroatoms. The van der Waals surface area contributed by atoms with Gasteiger partial charge in [0.15, 0.2) is 0 Å². The monoisotopic (exact) mass is 283 g/mol. The molecule has 110 valence electrons. The summed E-state index contributed by atoms with van der Waals surface area (Å²) in [6.07, 6.45) is 7.46. The normalized spacial score (nSPS) is 18.0. The van der Waals surface area contributed by atoms with Crippen molar-refractivity contribution in [1.29, 1.82) is 0 Å². The van der Waals surface area contributed by atoms with Gasteiger partial charge in [-0.05, 0) is 36.6 Å². The van der Waals surface area contributed by atoms with Gasteiger partial charge in [0.05, 0.1) is 12.4 Å². The van der Waals surface area contributed by atoms with Crippen LogP contribution in [-0.4, -0.2) is 18.2 Å². The molecular formula is C18H21NO2. The molecule has 1 unspecified atom stereocenters. The van der Waals surface area contributed by atoms with E-state index in [9.17, 15) is 5.11 Å². The lowest BCUT2D eigenvalue weighted by Crippen LogP contribution is -2.28. The Morgan fingerprint density at radius 2 is 2.00 bits per heavy atom. The summed E-state index contributed by atoms with van der Waals surface area (Å²) >= 11 is 0. The molecule has 0 spiro atoms. The standard InChI is InChI=1S/C18H21NO2/c20-17(15-6-2-1-3-7-15)18(10-11-18)14-19-12-4-8-16-9-5-13-21-16/h1-9,13,17,19-20H,10-12,14H2/b8-4+. The molecule has 21 heavy (non-hydrogen) atoms. The molecule has 2 aromatic rings. The maximum absolute atomic E-state index is 10.5. The van der Waals surface area contributed by atoms with Crippen molar-refractivity contribution < 1.29 is 9.52 Å². The van der Waals surface area contributed by atoms with Crippen LogP contribution in [0.1, 0.15) is 30.3 Å². The summed E-state index contributed by atoms with van der Waals surface area (Å²) in [7, 11) is 0. The van der Waals surface area contributed by atoms with Crippen LogP contribution < -0.4 is 5.32 Å². The van der Waals surface area contributed by atoms with Gasteiger partial charge in [-0.25, -0.2) is 0 Å². The van der Waals surface area contributed by atoms with E-state index in [1.807, 2.05) is 54.6 Å². The van der Waals surface area contributed by atoms with Gasteiger partial charge in [-0.15, -0.1) is 0 Å². The average Bonchev–Trinajstić information content (AvgIpc) is 3.13. The maximum Gasteiger partial charge on any atom is 0.126 e. The topological polar surface area (TPSA) is 45.4 Å². The summed E-state index contributed by atoms with van der Waals surface area (Å²) in [4.78, 5) is 0. The molecule has 3 rings (SSSR count). The summed E-state index contributed by atoms with van der Waals surface area (Å²) in [5.74, 6) is 0.863. The van der Waals surface area contributed by atoms with Gasteiger partial charge < -0.3 is 14.8 Å². The molecule has 1 aliphatic rings. The zero-order chi connectivity index (χ0) is 14.5. The molecule has 0 aliphatic heterocycles. The zero-order valence-corrected chi connectivity index (χ0v) is 12.0. The van der Waals surface area contributed by atoms with E-state index in [1.54, 1.807) is 6.26 Å². The number of hydrogen-bond donors (Lipinski definition) is 2. The smallest absolute Gasteiger partial charge is 0.126 e. The summed E-state index contributed by atoms with van der Waals surface area (Å²) in [6, 6.07) is 13.7. The highest BCUT2D eigenvalue weighted by Crippen LogP contribution is 2.54. The largest absolute Gasteiger partial charge is 0.465 e. The molecule has 1 aromatic heterocycles. The van der Waals surface area contributed by atoms with Gasteiger partial charge >= 0.3 is 0 Å². The SMILES string of the molecule is OC(c1ccccc1)C1(CNC/C=C/c2ccco2)CC1. The fourth-order valence-electron chi connectivity index (χ4n) is 2.66. The van der Waals surface area contributed by atoms with Crippen LogP contribution in [0.3, 0.4) is 0 Å². The van der Waals surface area contributed by atoms with E-state index in [2.05, 4.69) is 5.32 Å². The van der Waals surface area contributed by atoms with Gasteiger partial charge in [0.1, 0.15) is 5.76 Å². The Morgan fingerprint density at radius 1 is 1.19 bits per heavy atom. The van der Waals surface area contributed by atoms with Crippen molar-refractivity contribution in [3.05, 3.63) is 66.1 Å². The molecular weight excluding hydrogens is 262 g/mol.